The normalized spacial score (nSPS) is 31.9. The summed E-state index contributed by atoms with van der Waals surface area (Å²) in [5, 5.41) is 13.6. The van der Waals surface area contributed by atoms with Crippen LogP contribution in [-0.4, -0.2) is 44.0 Å². The smallest absolute Gasteiger partial charge is 0.314 e. The number of aliphatic carboxylic acids is 1. The molecule has 1 saturated heterocycles. The zero-order valence-corrected chi connectivity index (χ0v) is 24.6. The van der Waals surface area contributed by atoms with Gasteiger partial charge in [-0.3, -0.25) is 14.5 Å². The standard InChI is InChI=1S/C32H29Cl2FN4O3/c1-15(2)14-39-22-9-11-38-23-8-10-31(30(41)42)13-19(31)27(23)37-28(38)24(22)25(17-4-3-5-20(34)26(17)35)32(39)18-7-6-16(33)12-21(18)36-29(32)40/h3-8,10,12,15,19,22,24-25H,9,11,13-14H2,1-2H3,(H,36,40)(H,41,42)/t19?,22-,24+,25-,31?,32+/m0/s1. The monoisotopic (exact) mass is 606 g/mol. The molecule has 4 heterocycles. The molecular weight excluding hydrogens is 578 g/mol. The number of hydrogen-bond donors (Lipinski definition) is 2. The SMILES string of the molecule is CC(C)CN1[C@H]2CCn3c(nc4c3C=CC3(C(=O)O)CC43)[C@H]2[C@H](c2cccc(Cl)c2F)[C@]12C(=O)Nc1cc(Cl)ccc12. The summed E-state index contributed by atoms with van der Waals surface area (Å²) in [6.45, 7) is 5.52. The van der Waals surface area contributed by atoms with Gasteiger partial charge in [-0.05, 0) is 48.6 Å². The Morgan fingerprint density at radius 3 is 2.83 bits per heavy atom. The van der Waals surface area contributed by atoms with Crippen LogP contribution in [0.5, 0.6) is 0 Å². The maximum Gasteiger partial charge on any atom is 0.314 e. The Kier molecular flexibility index (Phi) is 5.46. The van der Waals surface area contributed by atoms with Gasteiger partial charge in [0, 0.05) is 53.2 Å². The molecule has 10 heteroatoms. The molecule has 7 nitrogen and oxygen atoms in total. The highest BCUT2D eigenvalue weighted by atomic mass is 35.5. The second-order valence-corrected chi connectivity index (χ2v) is 13.6. The van der Waals surface area contributed by atoms with Gasteiger partial charge < -0.3 is 15.0 Å². The number of carbonyl (C=O) groups is 2. The second-order valence-electron chi connectivity index (χ2n) is 12.8. The number of fused-ring (bicyclic) bond motifs is 9. The molecule has 2 N–H and O–H groups in total. The molecule has 216 valence electrons. The Hall–Kier alpha value is -3.20. The minimum Gasteiger partial charge on any atom is -0.481 e. The largest absolute Gasteiger partial charge is 0.481 e. The van der Waals surface area contributed by atoms with Gasteiger partial charge in [-0.2, -0.15) is 0 Å². The molecule has 1 spiro atoms. The zero-order chi connectivity index (χ0) is 29.3. The van der Waals surface area contributed by atoms with Crippen LogP contribution in [0.1, 0.15) is 72.8 Å². The molecule has 8 rings (SSSR count). The van der Waals surface area contributed by atoms with E-state index in [1.54, 1.807) is 24.3 Å². The molecule has 3 aliphatic heterocycles. The van der Waals surface area contributed by atoms with Crippen LogP contribution in [0.2, 0.25) is 10.0 Å². The van der Waals surface area contributed by atoms with Crippen molar-refractivity contribution in [1.29, 1.82) is 0 Å². The molecule has 2 aliphatic carbocycles. The topological polar surface area (TPSA) is 87.5 Å². The summed E-state index contributed by atoms with van der Waals surface area (Å²) in [6.07, 6.45) is 4.95. The molecule has 6 atom stereocenters. The minimum absolute atomic E-state index is 0.00171. The van der Waals surface area contributed by atoms with Crippen molar-refractivity contribution in [3.8, 4) is 0 Å². The number of rotatable bonds is 4. The number of hydrogen-bond acceptors (Lipinski definition) is 4. The Bertz CT molecular complexity index is 1750. The summed E-state index contributed by atoms with van der Waals surface area (Å²) in [5.41, 5.74) is 1.35. The molecule has 2 unspecified atom stereocenters. The van der Waals surface area contributed by atoms with E-state index in [1.807, 2.05) is 18.2 Å². The first-order valence-corrected chi connectivity index (χ1v) is 15.2. The van der Waals surface area contributed by atoms with Crippen molar-refractivity contribution in [2.24, 2.45) is 11.3 Å². The lowest BCUT2D eigenvalue weighted by molar-refractivity contribution is -0.141. The summed E-state index contributed by atoms with van der Waals surface area (Å²) in [4.78, 5) is 34.1. The number of anilines is 1. The quantitative estimate of drug-likeness (QED) is 0.360. The number of imidazole rings is 1. The number of nitrogens with one attached hydrogen (secondary N) is 1. The summed E-state index contributed by atoms with van der Waals surface area (Å²) in [7, 11) is 0. The maximum atomic E-state index is 16.2. The molecule has 3 aromatic rings. The summed E-state index contributed by atoms with van der Waals surface area (Å²) < 4.78 is 18.4. The number of carbonyl (C=O) groups excluding carboxylic acids is 1. The van der Waals surface area contributed by atoms with E-state index in [0.29, 0.717) is 35.8 Å². The number of halogens is 3. The third-order valence-electron chi connectivity index (χ3n) is 10.2. The number of benzene rings is 2. The Balaban J connectivity index is 1.40. The number of likely N-dealkylation sites (tertiary alicyclic amines) is 1. The van der Waals surface area contributed by atoms with Gasteiger partial charge in [0.25, 0.3) is 0 Å². The molecule has 1 aromatic heterocycles. The van der Waals surface area contributed by atoms with Gasteiger partial charge in [0.2, 0.25) is 5.91 Å². The number of aromatic nitrogens is 2. The van der Waals surface area contributed by atoms with Gasteiger partial charge >= 0.3 is 5.97 Å². The highest BCUT2D eigenvalue weighted by Crippen LogP contribution is 2.67. The highest BCUT2D eigenvalue weighted by molar-refractivity contribution is 6.31. The maximum absolute atomic E-state index is 16.2. The second kappa shape index (κ2) is 8.68. The van der Waals surface area contributed by atoms with Crippen LogP contribution in [0.3, 0.4) is 0 Å². The molecule has 0 bridgehead atoms. The number of amides is 1. The molecule has 1 saturated carbocycles. The Morgan fingerprint density at radius 1 is 1.26 bits per heavy atom. The van der Waals surface area contributed by atoms with Crippen LogP contribution in [-0.2, 0) is 21.7 Å². The van der Waals surface area contributed by atoms with Gasteiger partial charge in [0.1, 0.15) is 17.2 Å². The lowest BCUT2D eigenvalue weighted by atomic mass is 9.70. The zero-order valence-electron chi connectivity index (χ0n) is 23.1. The van der Waals surface area contributed by atoms with Gasteiger partial charge in [0.05, 0.1) is 21.8 Å². The van der Waals surface area contributed by atoms with Crippen molar-refractivity contribution in [2.75, 3.05) is 11.9 Å². The molecule has 42 heavy (non-hydrogen) atoms. The van der Waals surface area contributed by atoms with Gasteiger partial charge in [-0.1, -0.05) is 61.3 Å². The average Bonchev–Trinajstić information content (AvgIpc) is 3.38. The first kappa shape index (κ1) is 26.4. The number of carboxylic acids is 1. The van der Waals surface area contributed by atoms with E-state index in [-0.39, 0.29) is 34.7 Å². The van der Waals surface area contributed by atoms with E-state index in [1.165, 1.54) is 6.07 Å². The molecular formula is C32H29Cl2FN4O3. The number of carboxylic acid groups (broad SMARTS) is 1. The predicted octanol–water partition coefficient (Wildman–Crippen LogP) is 6.37. The van der Waals surface area contributed by atoms with E-state index in [2.05, 4.69) is 28.6 Å². The molecule has 5 aliphatic rings. The van der Waals surface area contributed by atoms with E-state index < -0.39 is 28.7 Å². The fourth-order valence-electron chi connectivity index (χ4n) is 8.53. The summed E-state index contributed by atoms with van der Waals surface area (Å²) in [5.74, 6) is -1.79. The average molecular weight is 608 g/mol. The van der Waals surface area contributed by atoms with E-state index in [9.17, 15) is 14.7 Å². The van der Waals surface area contributed by atoms with Crippen molar-refractivity contribution >= 4 is 46.8 Å². The van der Waals surface area contributed by atoms with Crippen LogP contribution in [0, 0.1) is 17.2 Å². The van der Waals surface area contributed by atoms with Crippen molar-refractivity contribution in [3.05, 3.63) is 86.7 Å². The first-order chi connectivity index (χ1) is 20.1. The molecule has 2 fully saturated rings. The third-order valence-corrected chi connectivity index (χ3v) is 10.8. The van der Waals surface area contributed by atoms with Gasteiger partial charge in [-0.25, -0.2) is 9.37 Å². The van der Waals surface area contributed by atoms with E-state index in [0.717, 1.165) is 29.2 Å². The van der Waals surface area contributed by atoms with E-state index in [4.69, 9.17) is 28.2 Å². The van der Waals surface area contributed by atoms with Crippen molar-refractivity contribution in [3.63, 3.8) is 0 Å². The summed E-state index contributed by atoms with van der Waals surface area (Å²) >= 11 is 12.8. The van der Waals surface area contributed by atoms with Crippen LogP contribution in [0.4, 0.5) is 10.1 Å². The highest BCUT2D eigenvalue weighted by Gasteiger charge is 2.69. The van der Waals surface area contributed by atoms with E-state index >= 15 is 4.39 Å². The fraction of sp³-hybridized carbons (Fsp3) is 0.406. The lowest BCUT2D eigenvalue weighted by Gasteiger charge is -2.40. The third kappa shape index (κ3) is 3.18. The lowest BCUT2D eigenvalue weighted by Crippen LogP contribution is -2.53. The number of nitrogens with zero attached hydrogens (tertiary/aromatic N) is 3. The van der Waals surface area contributed by atoms with Crippen molar-refractivity contribution in [1.82, 2.24) is 14.5 Å². The van der Waals surface area contributed by atoms with Gasteiger partial charge in [0.15, 0.2) is 0 Å². The fourth-order valence-corrected chi connectivity index (χ4v) is 8.89. The predicted molar refractivity (Wildman–Crippen MR) is 157 cm³/mol. The molecule has 1 amide bonds. The Morgan fingerprint density at radius 2 is 2.07 bits per heavy atom. The first-order valence-electron chi connectivity index (χ1n) is 14.4. The van der Waals surface area contributed by atoms with Crippen LogP contribution >= 0.6 is 23.2 Å². The van der Waals surface area contributed by atoms with Crippen molar-refractivity contribution in [2.45, 2.75) is 62.6 Å². The Labute approximate surface area is 252 Å². The molecule has 2 aromatic carbocycles. The van der Waals surface area contributed by atoms with Gasteiger partial charge in [-0.15, -0.1) is 0 Å². The van der Waals surface area contributed by atoms with Crippen LogP contribution in [0.25, 0.3) is 6.08 Å². The van der Waals surface area contributed by atoms with Crippen molar-refractivity contribution < 1.29 is 19.1 Å². The van der Waals surface area contributed by atoms with Crippen LogP contribution < -0.4 is 5.32 Å². The summed E-state index contributed by atoms with van der Waals surface area (Å²) in [6, 6.07) is 10.3. The van der Waals surface area contributed by atoms with Crippen LogP contribution in [0.15, 0.2) is 42.5 Å². The minimum atomic E-state index is -1.23. The molecule has 0 radical (unpaired) electrons.